The normalized spacial score (nSPS) is 14.8. The summed E-state index contributed by atoms with van der Waals surface area (Å²) >= 11 is 0. The second-order valence-electron chi connectivity index (χ2n) is 7.08. The van der Waals surface area contributed by atoms with Gasteiger partial charge in [-0.25, -0.2) is 0 Å². The van der Waals surface area contributed by atoms with E-state index in [9.17, 15) is 9.59 Å². The van der Waals surface area contributed by atoms with Gasteiger partial charge in [0.15, 0.2) is 0 Å². The number of benzene rings is 2. The van der Waals surface area contributed by atoms with Crippen molar-refractivity contribution >= 4 is 17.6 Å². The molecule has 168 valence electrons. The summed E-state index contributed by atoms with van der Waals surface area (Å²) in [6.45, 7) is 1.25. The number of amides is 2. The van der Waals surface area contributed by atoms with Crippen LogP contribution in [0.2, 0.25) is 0 Å². The molecule has 2 aromatic rings. The van der Waals surface area contributed by atoms with Crippen molar-refractivity contribution in [1.29, 1.82) is 0 Å². The maximum Gasteiger partial charge on any atom is 0.279 e. The van der Waals surface area contributed by atoms with Gasteiger partial charge in [-0.05, 0) is 48.7 Å². The molecule has 0 spiro atoms. The topological polar surface area (TPSA) is 138 Å². The lowest BCUT2D eigenvalue weighted by Crippen LogP contribution is -2.25. The van der Waals surface area contributed by atoms with Crippen LogP contribution in [0.5, 0.6) is 17.2 Å². The standard InChI is InChI=1S/C23H26N4O5/c1-26-9-6-21(24)27-23(29)16-12-19(31-17-4-2-15(3-5-17)22(25)28)14-20(13-16)32-18-7-10-30-11-8-18/h2-6,9,12-14,18,26H,7-8,10-11H2,1H3,(H2,25,28)(H2,24,27,29)/b9-6-. The number of nitrogens with zero attached hydrogens (tertiary/aromatic N) is 1. The van der Waals surface area contributed by atoms with E-state index in [1.807, 2.05) is 0 Å². The van der Waals surface area contributed by atoms with E-state index in [2.05, 4.69) is 10.3 Å². The van der Waals surface area contributed by atoms with Crippen molar-refractivity contribution in [2.75, 3.05) is 20.3 Å². The molecule has 9 heteroatoms. The molecular weight excluding hydrogens is 412 g/mol. The number of nitrogens with two attached hydrogens (primary N) is 2. The van der Waals surface area contributed by atoms with Crippen LogP contribution in [0.25, 0.3) is 0 Å². The number of hydrogen-bond donors (Lipinski definition) is 3. The lowest BCUT2D eigenvalue weighted by Gasteiger charge is -2.23. The first-order valence-corrected chi connectivity index (χ1v) is 10.1. The van der Waals surface area contributed by atoms with Crippen LogP contribution in [0, 0.1) is 0 Å². The molecule has 1 heterocycles. The van der Waals surface area contributed by atoms with Gasteiger partial charge in [-0.2, -0.15) is 4.99 Å². The van der Waals surface area contributed by atoms with Crippen LogP contribution >= 0.6 is 0 Å². The Hall–Kier alpha value is -3.85. The molecule has 0 unspecified atom stereocenters. The Kier molecular flexibility index (Phi) is 7.82. The van der Waals surface area contributed by atoms with E-state index in [0.717, 1.165) is 12.8 Å². The number of hydrogen-bond acceptors (Lipinski definition) is 6. The van der Waals surface area contributed by atoms with Crippen molar-refractivity contribution in [2.45, 2.75) is 18.9 Å². The minimum atomic E-state index is -0.533. The van der Waals surface area contributed by atoms with Gasteiger partial charge in [-0.3, -0.25) is 9.59 Å². The molecule has 1 fully saturated rings. The summed E-state index contributed by atoms with van der Waals surface area (Å²) in [6.07, 6.45) is 4.54. The fourth-order valence-corrected chi connectivity index (χ4v) is 3.02. The number of ether oxygens (including phenoxy) is 3. The molecule has 2 aromatic carbocycles. The number of aliphatic imine (C=N–C) groups is 1. The largest absolute Gasteiger partial charge is 0.490 e. The molecule has 3 rings (SSSR count). The molecule has 0 aliphatic carbocycles. The van der Waals surface area contributed by atoms with Gasteiger partial charge in [0.2, 0.25) is 5.91 Å². The van der Waals surface area contributed by atoms with Gasteiger partial charge < -0.3 is 31.0 Å². The number of carbonyl (C=O) groups is 2. The summed E-state index contributed by atoms with van der Waals surface area (Å²) in [6, 6.07) is 11.2. The third-order valence-electron chi connectivity index (χ3n) is 4.62. The average Bonchev–Trinajstić information content (AvgIpc) is 2.78. The van der Waals surface area contributed by atoms with Crippen molar-refractivity contribution in [3.63, 3.8) is 0 Å². The monoisotopic (exact) mass is 438 g/mol. The first-order chi connectivity index (χ1) is 15.4. The molecule has 1 aliphatic heterocycles. The van der Waals surface area contributed by atoms with Gasteiger partial charge >= 0.3 is 0 Å². The fourth-order valence-electron chi connectivity index (χ4n) is 3.02. The zero-order valence-corrected chi connectivity index (χ0v) is 17.7. The molecule has 1 aliphatic rings. The Morgan fingerprint density at radius 3 is 2.38 bits per heavy atom. The number of nitrogens with one attached hydrogen (secondary N) is 1. The zero-order chi connectivity index (χ0) is 22.9. The Labute approximate surface area is 186 Å². The number of primary amides is 1. The van der Waals surface area contributed by atoms with Gasteiger partial charge in [0.05, 0.1) is 13.2 Å². The minimum Gasteiger partial charge on any atom is -0.490 e. The smallest absolute Gasteiger partial charge is 0.279 e. The Balaban J connectivity index is 1.87. The molecule has 9 nitrogen and oxygen atoms in total. The molecule has 0 bridgehead atoms. The van der Waals surface area contributed by atoms with Crippen molar-refractivity contribution in [3.8, 4) is 17.2 Å². The maximum absolute atomic E-state index is 12.7. The SMILES string of the molecule is CN/C=C\C(N)=NC(=O)c1cc(Oc2ccc(C(N)=O)cc2)cc(OC2CCOCC2)c1. The van der Waals surface area contributed by atoms with Gasteiger partial charge in [0.25, 0.3) is 5.91 Å². The van der Waals surface area contributed by atoms with Crippen LogP contribution in [0.4, 0.5) is 0 Å². The van der Waals surface area contributed by atoms with Crippen molar-refractivity contribution < 1.29 is 23.8 Å². The average molecular weight is 438 g/mol. The van der Waals surface area contributed by atoms with E-state index < -0.39 is 11.8 Å². The first kappa shape index (κ1) is 22.8. The third-order valence-corrected chi connectivity index (χ3v) is 4.62. The van der Waals surface area contributed by atoms with Crippen LogP contribution < -0.4 is 26.3 Å². The van der Waals surface area contributed by atoms with Crippen molar-refractivity contribution in [3.05, 3.63) is 65.9 Å². The molecule has 32 heavy (non-hydrogen) atoms. The second kappa shape index (κ2) is 11.0. The fraction of sp³-hybridized carbons (Fsp3) is 0.261. The predicted molar refractivity (Wildman–Crippen MR) is 120 cm³/mol. The second-order valence-corrected chi connectivity index (χ2v) is 7.08. The third kappa shape index (κ3) is 6.58. The number of rotatable bonds is 8. The highest BCUT2D eigenvalue weighted by Gasteiger charge is 2.18. The summed E-state index contributed by atoms with van der Waals surface area (Å²) in [5.74, 6) is 0.324. The van der Waals surface area contributed by atoms with Crippen LogP contribution in [-0.4, -0.2) is 44.0 Å². The summed E-state index contributed by atoms with van der Waals surface area (Å²) in [7, 11) is 1.71. The molecule has 0 aromatic heterocycles. The van der Waals surface area contributed by atoms with E-state index in [1.54, 1.807) is 55.7 Å². The zero-order valence-electron chi connectivity index (χ0n) is 17.7. The van der Waals surface area contributed by atoms with E-state index in [4.69, 9.17) is 25.7 Å². The van der Waals surface area contributed by atoms with Gasteiger partial charge in [0.1, 0.15) is 29.2 Å². The molecule has 0 saturated carbocycles. The number of carbonyl (C=O) groups excluding carboxylic acids is 2. The highest BCUT2D eigenvalue weighted by Crippen LogP contribution is 2.29. The Morgan fingerprint density at radius 2 is 1.72 bits per heavy atom. The van der Waals surface area contributed by atoms with E-state index >= 15 is 0 Å². The molecule has 2 amide bonds. The highest BCUT2D eigenvalue weighted by atomic mass is 16.5. The van der Waals surface area contributed by atoms with Crippen LogP contribution in [0.15, 0.2) is 59.7 Å². The van der Waals surface area contributed by atoms with E-state index in [0.29, 0.717) is 36.0 Å². The number of amidine groups is 1. The van der Waals surface area contributed by atoms with E-state index in [1.165, 1.54) is 6.08 Å². The van der Waals surface area contributed by atoms with Gasteiger partial charge in [-0.1, -0.05) is 0 Å². The Bertz CT molecular complexity index is 1010. The summed E-state index contributed by atoms with van der Waals surface area (Å²) in [5.41, 5.74) is 11.7. The van der Waals surface area contributed by atoms with Crippen LogP contribution in [-0.2, 0) is 4.74 Å². The predicted octanol–water partition coefficient (Wildman–Crippen LogP) is 2.37. The van der Waals surface area contributed by atoms with Crippen LogP contribution in [0.1, 0.15) is 33.6 Å². The highest BCUT2D eigenvalue weighted by molar-refractivity contribution is 6.06. The summed E-state index contributed by atoms with van der Waals surface area (Å²) in [5, 5.41) is 2.78. The van der Waals surface area contributed by atoms with E-state index in [-0.39, 0.29) is 17.5 Å². The molecule has 0 atom stereocenters. The maximum atomic E-state index is 12.7. The molecule has 1 saturated heterocycles. The van der Waals surface area contributed by atoms with Crippen molar-refractivity contribution in [1.82, 2.24) is 5.32 Å². The summed E-state index contributed by atoms with van der Waals surface area (Å²) in [4.78, 5) is 27.8. The molecule has 5 N–H and O–H groups in total. The lowest BCUT2D eigenvalue weighted by atomic mass is 10.1. The quantitative estimate of drug-likeness (QED) is 0.425. The van der Waals surface area contributed by atoms with Crippen molar-refractivity contribution in [2.24, 2.45) is 16.5 Å². The van der Waals surface area contributed by atoms with Gasteiger partial charge in [0, 0.05) is 37.1 Å². The molecular formula is C23H26N4O5. The molecule has 0 radical (unpaired) electrons. The minimum absolute atomic E-state index is 0.0241. The first-order valence-electron chi connectivity index (χ1n) is 10.1. The Morgan fingerprint density at radius 1 is 1.03 bits per heavy atom. The van der Waals surface area contributed by atoms with Gasteiger partial charge in [-0.15, -0.1) is 0 Å². The summed E-state index contributed by atoms with van der Waals surface area (Å²) < 4.78 is 17.3. The van der Waals surface area contributed by atoms with Crippen LogP contribution in [0.3, 0.4) is 0 Å². The lowest BCUT2D eigenvalue weighted by molar-refractivity contribution is 0.0254.